The third-order valence-electron chi connectivity index (χ3n) is 3.36. The van der Waals surface area contributed by atoms with E-state index in [0.717, 1.165) is 22.6 Å². The van der Waals surface area contributed by atoms with Crippen molar-refractivity contribution in [1.29, 1.82) is 0 Å². The van der Waals surface area contributed by atoms with Gasteiger partial charge in [0.15, 0.2) is 6.29 Å². The van der Waals surface area contributed by atoms with Gasteiger partial charge in [0, 0.05) is 5.02 Å². The predicted molar refractivity (Wildman–Crippen MR) is 85.1 cm³/mol. The molecule has 0 aliphatic carbocycles. The van der Waals surface area contributed by atoms with Crippen molar-refractivity contribution in [3.63, 3.8) is 0 Å². The summed E-state index contributed by atoms with van der Waals surface area (Å²) >= 11 is 5.85. The average Bonchev–Trinajstić information content (AvgIpc) is 2.53. The third kappa shape index (κ3) is 2.91. The monoisotopic (exact) mass is 296 g/mol. The number of hydrogen-bond donors (Lipinski definition) is 0. The van der Waals surface area contributed by atoms with Crippen molar-refractivity contribution in [2.24, 2.45) is 0 Å². The highest BCUT2D eigenvalue weighted by Crippen LogP contribution is 2.27. The SMILES string of the molecule is O=Cc1c(OCc2ccc(Cl)cc2)ccc2ccccc12. The molecule has 0 fully saturated rings. The number of aldehydes is 1. The van der Waals surface area contributed by atoms with Gasteiger partial charge in [-0.2, -0.15) is 0 Å². The average molecular weight is 297 g/mol. The van der Waals surface area contributed by atoms with Crippen LogP contribution in [0, 0.1) is 0 Å². The number of halogens is 1. The second kappa shape index (κ2) is 5.98. The van der Waals surface area contributed by atoms with Gasteiger partial charge in [0.1, 0.15) is 12.4 Å². The minimum Gasteiger partial charge on any atom is -0.488 e. The second-order valence-electron chi connectivity index (χ2n) is 4.73. The Morgan fingerprint density at radius 1 is 0.952 bits per heavy atom. The molecule has 2 nitrogen and oxygen atoms in total. The molecule has 0 N–H and O–H groups in total. The first-order valence-electron chi connectivity index (χ1n) is 6.62. The Hall–Kier alpha value is -2.32. The van der Waals surface area contributed by atoms with Crippen LogP contribution in [0.25, 0.3) is 10.8 Å². The van der Waals surface area contributed by atoms with E-state index in [1.54, 1.807) is 0 Å². The quantitative estimate of drug-likeness (QED) is 0.641. The molecule has 0 radical (unpaired) electrons. The van der Waals surface area contributed by atoms with Crippen LogP contribution >= 0.6 is 11.6 Å². The van der Waals surface area contributed by atoms with E-state index in [2.05, 4.69) is 0 Å². The molecule has 0 saturated carbocycles. The fourth-order valence-corrected chi connectivity index (χ4v) is 2.39. The van der Waals surface area contributed by atoms with Crippen LogP contribution in [-0.4, -0.2) is 6.29 Å². The molecule has 3 aromatic carbocycles. The number of fused-ring (bicyclic) bond motifs is 1. The summed E-state index contributed by atoms with van der Waals surface area (Å²) in [5.41, 5.74) is 1.59. The van der Waals surface area contributed by atoms with Crippen LogP contribution in [0.1, 0.15) is 15.9 Å². The molecule has 0 heterocycles. The van der Waals surface area contributed by atoms with Crippen LogP contribution in [-0.2, 0) is 6.61 Å². The van der Waals surface area contributed by atoms with Crippen LogP contribution in [0.4, 0.5) is 0 Å². The molecule has 0 bridgehead atoms. The van der Waals surface area contributed by atoms with Crippen LogP contribution in [0.15, 0.2) is 60.7 Å². The molecule has 104 valence electrons. The molecule has 3 heteroatoms. The highest BCUT2D eigenvalue weighted by molar-refractivity contribution is 6.30. The summed E-state index contributed by atoms with van der Waals surface area (Å²) in [6, 6.07) is 19.0. The van der Waals surface area contributed by atoms with Gasteiger partial charge in [0.05, 0.1) is 5.56 Å². The van der Waals surface area contributed by atoms with E-state index in [1.807, 2.05) is 60.7 Å². The molecule has 0 aromatic heterocycles. The Labute approximate surface area is 127 Å². The Balaban J connectivity index is 1.90. The van der Waals surface area contributed by atoms with Gasteiger partial charge >= 0.3 is 0 Å². The molecule has 0 amide bonds. The van der Waals surface area contributed by atoms with E-state index in [0.29, 0.717) is 22.9 Å². The smallest absolute Gasteiger partial charge is 0.154 e. The van der Waals surface area contributed by atoms with Gasteiger partial charge < -0.3 is 4.74 Å². The molecule has 21 heavy (non-hydrogen) atoms. The number of carbonyl (C=O) groups excluding carboxylic acids is 1. The molecule has 0 saturated heterocycles. The van der Waals surface area contributed by atoms with Crippen molar-refractivity contribution in [1.82, 2.24) is 0 Å². The lowest BCUT2D eigenvalue weighted by Gasteiger charge is -2.11. The van der Waals surface area contributed by atoms with Gasteiger partial charge in [-0.15, -0.1) is 0 Å². The summed E-state index contributed by atoms with van der Waals surface area (Å²) in [6.45, 7) is 0.399. The lowest BCUT2D eigenvalue weighted by atomic mass is 10.0. The van der Waals surface area contributed by atoms with Gasteiger partial charge in [-0.05, 0) is 34.5 Å². The van der Waals surface area contributed by atoms with Crippen molar-refractivity contribution in [3.05, 3.63) is 76.8 Å². The van der Waals surface area contributed by atoms with Gasteiger partial charge in [-0.1, -0.05) is 54.1 Å². The topological polar surface area (TPSA) is 26.3 Å². The molecule has 0 unspecified atom stereocenters. The number of hydrogen-bond acceptors (Lipinski definition) is 2. The zero-order valence-corrected chi connectivity index (χ0v) is 12.0. The summed E-state index contributed by atoms with van der Waals surface area (Å²) in [7, 11) is 0. The lowest BCUT2D eigenvalue weighted by molar-refractivity contribution is 0.112. The molecule has 3 aromatic rings. The minimum absolute atomic E-state index is 0.399. The van der Waals surface area contributed by atoms with Crippen molar-refractivity contribution >= 4 is 28.7 Å². The van der Waals surface area contributed by atoms with E-state index < -0.39 is 0 Å². The summed E-state index contributed by atoms with van der Waals surface area (Å²) < 4.78 is 5.79. The fourth-order valence-electron chi connectivity index (χ4n) is 2.26. The molecule has 0 aliphatic rings. The number of rotatable bonds is 4. The Morgan fingerprint density at radius 3 is 2.48 bits per heavy atom. The van der Waals surface area contributed by atoms with E-state index >= 15 is 0 Å². The Kier molecular flexibility index (Phi) is 3.89. The molecule has 3 rings (SSSR count). The first-order chi connectivity index (χ1) is 10.3. The summed E-state index contributed by atoms with van der Waals surface area (Å²) in [6.07, 6.45) is 0.847. The maximum Gasteiger partial charge on any atom is 0.154 e. The van der Waals surface area contributed by atoms with Crippen LogP contribution < -0.4 is 4.74 Å². The first kappa shape index (κ1) is 13.7. The molecule has 0 atom stereocenters. The zero-order valence-electron chi connectivity index (χ0n) is 11.3. The first-order valence-corrected chi connectivity index (χ1v) is 7.00. The van der Waals surface area contributed by atoms with Gasteiger partial charge in [0.2, 0.25) is 0 Å². The minimum atomic E-state index is 0.399. The van der Waals surface area contributed by atoms with E-state index in [4.69, 9.17) is 16.3 Å². The number of carbonyl (C=O) groups is 1. The molecular weight excluding hydrogens is 284 g/mol. The standard InChI is InChI=1S/C18H13ClO2/c19-15-8-5-13(6-9-15)12-21-18-10-7-14-3-1-2-4-16(14)17(18)11-20/h1-11H,12H2. The fraction of sp³-hybridized carbons (Fsp3) is 0.0556. The van der Waals surface area contributed by atoms with Crippen molar-refractivity contribution < 1.29 is 9.53 Å². The van der Waals surface area contributed by atoms with Gasteiger partial charge in [0.25, 0.3) is 0 Å². The van der Waals surface area contributed by atoms with Crippen LogP contribution in [0.2, 0.25) is 5.02 Å². The highest BCUT2D eigenvalue weighted by atomic mass is 35.5. The van der Waals surface area contributed by atoms with Crippen molar-refractivity contribution in [2.45, 2.75) is 6.61 Å². The maximum absolute atomic E-state index is 11.4. The van der Waals surface area contributed by atoms with Gasteiger partial charge in [-0.25, -0.2) is 0 Å². The molecular formula is C18H13ClO2. The zero-order chi connectivity index (χ0) is 14.7. The largest absolute Gasteiger partial charge is 0.488 e. The van der Waals surface area contributed by atoms with Gasteiger partial charge in [-0.3, -0.25) is 4.79 Å². The van der Waals surface area contributed by atoms with E-state index in [1.165, 1.54) is 0 Å². The second-order valence-corrected chi connectivity index (χ2v) is 5.17. The summed E-state index contributed by atoms with van der Waals surface area (Å²) in [5.74, 6) is 0.596. The Morgan fingerprint density at radius 2 is 1.71 bits per heavy atom. The lowest BCUT2D eigenvalue weighted by Crippen LogP contribution is -1.98. The van der Waals surface area contributed by atoms with Crippen molar-refractivity contribution in [3.8, 4) is 5.75 Å². The van der Waals surface area contributed by atoms with Crippen LogP contribution in [0.3, 0.4) is 0 Å². The van der Waals surface area contributed by atoms with E-state index in [9.17, 15) is 4.79 Å². The summed E-state index contributed by atoms with van der Waals surface area (Å²) in [5, 5.41) is 2.62. The molecule has 0 aliphatic heterocycles. The Bertz CT molecular complexity index is 779. The highest BCUT2D eigenvalue weighted by Gasteiger charge is 2.08. The normalized spacial score (nSPS) is 10.5. The maximum atomic E-state index is 11.4. The molecule has 0 spiro atoms. The number of ether oxygens (including phenoxy) is 1. The summed E-state index contributed by atoms with van der Waals surface area (Å²) in [4.78, 5) is 11.4. The van der Waals surface area contributed by atoms with E-state index in [-0.39, 0.29) is 0 Å². The number of benzene rings is 3. The predicted octanol–water partition coefficient (Wildman–Crippen LogP) is 4.88. The van der Waals surface area contributed by atoms with Crippen LogP contribution in [0.5, 0.6) is 5.75 Å². The van der Waals surface area contributed by atoms with Crippen molar-refractivity contribution in [2.75, 3.05) is 0 Å². The third-order valence-corrected chi connectivity index (χ3v) is 3.61.